The lowest BCUT2D eigenvalue weighted by Gasteiger charge is -2.39. The van der Waals surface area contributed by atoms with E-state index in [4.69, 9.17) is 14.2 Å². The standard InChI is InChI=1S/C27H30O5/c1-5-27-16-15-21(26(27,2)3)23(31-17-18-11-13-20(30-4)14-12-18)24(27)32-25(29)22(28)19-9-7-6-8-10-19/h5-14,21,23-24H,1,15-17H2,2-4H3/t21-,23-,24-,27+/m0/s1. The van der Waals surface area contributed by atoms with Crippen molar-refractivity contribution in [1.82, 2.24) is 0 Å². The number of carbonyl (C=O) groups excluding carboxylic acids is 2. The topological polar surface area (TPSA) is 61.8 Å². The van der Waals surface area contributed by atoms with Crippen LogP contribution < -0.4 is 4.74 Å². The highest BCUT2D eigenvalue weighted by Crippen LogP contribution is 2.67. The Hall–Kier alpha value is -2.92. The van der Waals surface area contributed by atoms with E-state index in [0.29, 0.717) is 12.2 Å². The van der Waals surface area contributed by atoms with Gasteiger partial charge in [-0.3, -0.25) is 4.79 Å². The molecule has 2 bridgehead atoms. The number of benzene rings is 2. The first-order chi connectivity index (χ1) is 15.3. The number of ketones is 1. The Kier molecular flexibility index (Phi) is 5.95. The minimum atomic E-state index is -0.844. The number of esters is 1. The van der Waals surface area contributed by atoms with Crippen LogP contribution in [0.3, 0.4) is 0 Å². The van der Waals surface area contributed by atoms with Crippen LogP contribution in [0.25, 0.3) is 0 Å². The van der Waals surface area contributed by atoms with E-state index in [0.717, 1.165) is 24.2 Å². The highest BCUT2D eigenvalue weighted by Gasteiger charge is 2.69. The van der Waals surface area contributed by atoms with Crippen LogP contribution in [-0.4, -0.2) is 31.1 Å². The smallest absolute Gasteiger partial charge is 0.380 e. The van der Waals surface area contributed by atoms with Crippen LogP contribution in [0.1, 0.15) is 42.6 Å². The number of fused-ring (bicyclic) bond motifs is 2. The summed E-state index contributed by atoms with van der Waals surface area (Å²) in [7, 11) is 1.63. The van der Waals surface area contributed by atoms with Gasteiger partial charge in [0.05, 0.1) is 19.8 Å². The molecule has 2 saturated carbocycles. The molecule has 168 valence electrons. The first-order valence-electron chi connectivity index (χ1n) is 11.0. The average Bonchev–Trinajstić information content (AvgIpc) is 3.18. The number of hydrogen-bond acceptors (Lipinski definition) is 5. The number of carbonyl (C=O) groups is 2. The summed E-state index contributed by atoms with van der Waals surface area (Å²) in [5.41, 5.74) is 0.724. The van der Waals surface area contributed by atoms with Gasteiger partial charge < -0.3 is 14.2 Å². The summed E-state index contributed by atoms with van der Waals surface area (Å²) in [6.45, 7) is 8.85. The number of methoxy groups -OCH3 is 1. The Labute approximate surface area is 189 Å². The molecular formula is C27H30O5. The Morgan fingerprint density at radius 3 is 2.41 bits per heavy atom. The molecule has 2 fully saturated rings. The lowest BCUT2D eigenvalue weighted by atomic mass is 9.68. The quantitative estimate of drug-likeness (QED) is 0.253. The van der Waals surface area contributed by atoms with Gasteiger partial charge in [-0.05, 0) is 41.9 Å². The molecular weight excluding hydrogens is 404 g/mol. The largest absolute Gasteiger partial charge is 0.497 e. The van der Waals surface area contributed by atoms with Crippen LogP contribution in [0.2, 0.25) is 0 Å². The molecule has 2 aromatic rings. The highest BCUT2D eigenvalue weighted by atomic mass is 16.6. The van der Waals surface area contributed by atoms with Crippen LogP contribution in [0.5, 0.6) is 5.75 Å². The first kappa shape index (κ1) is 22.3. The molecule has 0 radical (unpaired) electrons. The fraction of sp³-hybridized carbons (Fsp3) is 0.407. The summed E-state index contributed by atoms with van der Waals surface area (Å²) in [5, 5.41) is 0. The minimum absolute atomic E-state index is 0.167. The lowest BCUT2D eigenvalue weighted by Crippen LogP contribution is -2.45. The predicted octanol–water partition coefficient (Wildman–Crippen LogP) is 5.00. The summed E-state index contributed by atoms with van der Waals surface area (Å²) in [6.07, 6.45) is 2.86. The van der Waals surface area contributed by atoms with Gasteiger partial charge in [-0.1, -0.05) is 62.4 Å². The Morgan fingerprint density at radius 2 is 1.78 bits per heavy atom. The van der Waals surface area contributed by atoms with Crippen molar-refractivity contribution in [2.24, 2.45) is 16.7 Å². The lowest BCUT2D eigenvalue weighted by molar-refractivity contribution is -0.162. The van der Waals surface area contributed by atoms with Crippen LogP contribution in [0, 0.1) is 16.7 Å². The van der Waals surface area contributed by atoms with Gasteiger partial charge in [-0.25, -0.2) is 4.79 Å². The zero-order valence-corrected chi connectivity index (χ0v) is 18.9. The molecule has 0 heterocycles. The molecule has 0 unspecified atom stereocenters. The van der Waals surface area contributed by atoms with Gasteiger partial charge in [0, 0.05) is 11.0 Å². The van der Waals surface area contributed by atoms with Crippen molar-refractivity contribution in [3.63, 3.8) is 0 Å². The first-order valence-corrected chi connectivity index (χ1v) is 11.0. The second-order valence-electron chi connectivity index (χ2n) is 9.26. The Morgan fingerprint density at radius 1 is 1.09 bits per heavy atom. The van der Waals surface area contributed by atoms with E-state index in [9.17, 15) is 9.59 Å². The molecule has 0 aliphatic heterocycles. The second kappa shape index (κ2) is 8.55. The van der Waals surface area contributed by atoms with E-state index in [2.05, 4.69) is 20.4 Å². The molecule has 0 spiro atoms. The maximum absolute atomic E-state index is 12.9. The molecule has 0 amide bonds. The fourth-order valence-electron chi connectivity index (χ4n) is 5.66. The zero-order valence-electron chi connectivity index (χ0n) is 18.9. The minimum Gasteiger partial charge on any atom is -0.497 e. The van der Waals surface area contributed by atoms with Gasteiger partial charge in [-0.2, -0.15) is 0 Å². The van der Waals surface area contributed by atoms with Crippen LogP contribution in [0.4, 0.5) is 0 Å². The molecule has 2 aromatic carbocycles. The van der Waals surface area contributed by atoms with E-state index in [1.54, 1.807) is 37.4 Å². The maximum atomic E-state index is 12.9. The third-order valence-electron chi connectivity index (χ3n) is 7.62. The SMILES string of the molecule is C=C[C@@]12CC[C@@H]([C@H](OCc3ccc(OC)cc3)[C@@H]1OC(=O)C(=O)c1ccccc1)C2(C)C. The molecule has 0 saturated heterocycles. The fourth-order valence-corrected chi connectivity index (χ4v) is 5.66. The Balaban J connectivity index is 1.57. The molecule has 4 rings (SSSR count). The van der Waals surface area contributed by atoms with Crippen molar-refractivity contribution < 1.29 is 23.8 Å². The number of hydrogen-bond donors (Lipinski definition) is 0. The molecule has 4 atom stereocenters. The molecule has 0 N–H and O–H groups in total. The van der Waals surface area contributed by atoms with Crippen molar-refractivity contribution in [2.75, 3.05) is 7.11 Å². The van der Waals surface area contributed by atoms with Crippen LogP contribution >= 0.6 is 0 Å². The maximum Gasteiger partial charge on any atom is 0.380 e. The number of Topliss-reactive ketones (excluding diaryl/α,β-unsaturated/α-hetero) is 1. The van der Waals surface area contributed by atoms with Gasteiger partial charge in [0.25, 0.3) is 5.78 Å². The van der Waals surface area contributed by atoms with E-state index >= 15 is 0 Å². The van der Waals surface area contributed by atoms with Gasteiger partial charge in [0.2, 0.25) is 0 Å². The van der Waals surface area contributed by atoms with Gasteiger partial charge in [0.1, 0.15) is 11.9 Å². The normalized spacial score (nSPS) is 27.7. The highest BCUT2D eigenvalue weighted by molar-refractivity contribution is 6.40. The van der Waals surface area contributed by atoms with Crippen LogP contribution in [-0.2, 0) is 20.9 Å². The Bertz CT molecular complexity index is 994. The third kappa shape index (κ3) is 3.55. The molecule has 2 aliphatic carbocycles. The van der Waals surface area contributed by atoms with Gasteiger partial charge >= 0.3 is 5.97 Å². The molecule has 2 aliphatic rings. The summed E-state index contributed by atoms with van der Waals surface area (Å²) < 4.78 is 17.5. The van der Waals surface area contributed by atoms with E-state index in [1.165, 1.54) is 0 Å². The number of rotatable bonds is 8. The van der Waals surface area contributed by atoms with Crippen molar-refractivity contribution in [2.45, 2.75) is 45.5 Å². The summed E-state index contributed by atoms with van der Waals surface area (Å²) in [4.78, 5) is 25.5. The van der Waals surface area contributed by atoms with Crippen LogP contribution in [0.15, 0.2) is 67.3 Å². The van der Waals surface area contributed by atoms with Gasteiger partial charge in [0.15, 0.2) is 0 Å². The van der Waals surface area contributed by atoms with E-state index < -0.39 is 23.3 Å². The summed E-state index contributed by atoms with van der Waals surface area (Å²) in [5.74, 6) is -0.502. The monoisotopic (exact) mass is 434 g/mol. The predicted molar refractivity (Wildman–Crippen MR) is 121 cm³/mol. The van der Waals surface area contributed by atoms with Crippen molar-refractivity contribution in [3.8, 4) is 5.75 Å². The molecule has 0 aromatic heterocycles. The summed E-state index contributed by atoms with van der Waals surface area (Å²) in [6, 6.07) is 16.2. The third-order valence-corrected chi connectivity index (χ3v) is 7.62. The zero-order chi connectivity index (χ0) is 22.9. The second-order valence-corrected chi connectivity index (χ2v) is 9.26. The van der Waals surface area contributed by atoms with Gasteiger partial charge in [-0.15, -0.1) is 6.58 Å². The average molecular weight is 435 g/mol. The number of ether oxygens (including phenoxy) is 3. The molecule has 5 heteroatoms. The molecule has 5 nitrogen and oxygen atoms in total. The van der Waals surface area contributed by atoms with Crippen molar-refractivity contribution in [1.29, 1.82) is 0 Å². The van der Waals surface area contributed by atoms with Crippen molar-refractivity contribution >= 4 is 11.8 Å². The molecule has 32 heavy (non-hydrogen) atoms. The van der Waals surface area contributed by atoms with E-state index in [1.807, 2.05) is 30.3 Å². The van der Waals surface area contributed by atoms with E-state index in [-0.39, 0.29) is 17.4 Å². The summed E-state index contributed by atoms with van der Waals surface area (Å²) >= 11 is 0. The van der Waals surface area contributed by atoms with Crippen molar-refractivity contribution in [3.05, 3.63) is 78.4 Å².